The van der Waals surface area contributed by atoms with Crippen LogP contribution in [0.15, 0.2) is 59.9 Å². The minimum absolute atomic E-state index is 0.0254. The molecule has 2 aliphatic heterocycles. The molecule has 9 aromatic rings. The normalized spacial score (nSPS) is 16.0. The number of rotatable bonds is 14. The lowest BCUT2D eigenvalue weighted by Crippen LogP contribution is -2.35. The van der Waals surface area contributed by atoms with E-state index in [9.17, 15) is 19.0 Å². The van der Waals surface area contributed by atoms with Gasteiger partial charge in [0, 0.05) is 72.5 Å². The van der Waals surface area contributed by atoms with Crippen LogP contribution in [0.5, 0.6) is 23.0 Å². The summed E-state index contributed by atoms with van der Waals surface area (Å²) in [5.74, 6) is 3.50. The molecule has 0 amide bonds. The number of hydrogen-bond acceptors (Lipinski definition) is 20. The lowest BCUT2D eigenvalue weighted by molar-refractivity contribution is 0.0569. The zero-order valence-electron chi connectivity index (χ0n) is 44.6. The number of benzene rings is 3. The van der Waals surface area contributed by atoms with E-state index in [0.29, 0.717) is 93.2 Å². The summed E-state index contributed by atoms with van der Waals surface area (Å²) >= 11 is 3.11. The highest BCUT2D eigenvalue weighted by Crippen LogP contribution is 2.33. The number of piperidine rings is 2. The van der Waals surface area contributed by atoms with Gasteiger partial charge in [0.05, 0.1) is 63.8 Å². The largest absolute Gasteiger partial charge is 0.497 e. The Balaban J connectivity index is 0.000000159. The third-order valence-corrected chi connectivity index (χ3v) is 13.3. The van der Waals surface area contributed by atoms with Crippen LogP contribution < -0.4 is 40.2 Å². The molecule has 6 aromatic heterocycles. The van der Waals surface area contributed by atoms with Crippen LogP contribution in [-0.4, -0.2) is 145 Å². The third-order valence-electron chi connectivity index (χ3n) is 12.9. The number of halogens is 3. The standard InChI is InChI=1S/C24H27FN6O3.C21H26FN9O2.C6H10BrN3O/c1-32-16-7-6-14(20(9-16)33-2)13-27-24-28-19-11-21(34-3)18(25)10-17(19)23-29-22(30-31(23)24)15-5-4-8-26-12-15;1-21(2,32)10-30-11-24-20(28-30)29-6-4-5-12(9-29)17-26-18-13-7-14(22)16(33-3)8-15(13)25-19(23)31(18)27-17;1-6(2,11)3-10-4-8-5(7)9-10/h6-7,9-11,15,26H,4-5,8,12-13H2,1-3H3,(H,27,28);7-8,11-12,32H,4-6,9-10H2,1-3H3,(H2,23,25);4,11H,3H2,1-2H3/t15-;12-;/m11./s1. The molecule has 24 nitrogen and oxygen atoms in total. The molecule has 0 aliphatic carbocycles. The second-order valence-corrected chi connectivity index (χ2v) is 21.0. The van der Waals surface area contributed by atoms with Crippen LogP contribution in [0.3, 0.4) is 0 Å². The maximum absolute atomic E-state index is 14.6. The van der Waals surface area contributed by atoms with E-state index >= 15 is 0 Å². The van der Waals surface area contributed by atoms with E-state index in [-0.39, 0.29) is 29.3 Å². The molecule has 0 saturated carbocycles. The Morgan fingerprint density at radius 1 is 0.718 bits per heavy atom. The van der Waals surface area contributed by atoms with E-state index in [1.54, 1.807) is 74.5 Å². The van der Waals surface area contributed by atoms with E-state index < -0.39 is 22.8 Å². The van der Waals surface area contributed by atoms with Crippen molar-refractivity contribution >= 4 is 66.9 Å². The Kier molecular flexibility index (Phi) is 16.4. The molecule has 78 heavy (non-hydrogen) atoms. The number of nitrogens with one attached hydrogen (secondary N) is 2. The minimum atomic E-state index is -0.879. The molecule has 0 bridgehead atoms. The van der Waals surface area contributed by atoms with Crippen LogP contribution in [0.4, 0.5) is 26.6 Å². The highest BCUT2D eigenvalue weighted by Gasteiger charge is 2.29. The summed E-state index contributed by atoms with van der Waals surface area (Å²) in [7, 11) is 6.07. The van der Waals surface area contributed by atoms with Crippen molar-refractivity contribution in [2.75, 3.05) is 70.6 Å². The smallest absolute Gasteiger partial charge is 0.244 e. The Hall–Kier alpha value is -7.62. The van der Waals surface area contributed by atoms with Gasteiger partial charge in [-0.25, -0.2) is 48.0 Å². The number of nitrogens with two attached hydrogens (primary N) is 1. The first-order valence-corrected chi connectivity index (χ1v) is 26.0. The molecule has 3 aromatic carbocycles. The van der Waals surface area contributed by atoms with Gasteiger partial charge in [-0.3, -0.25) is 0 Å². The number of anilines is 3. The van der Waals surface area contributed by atoms with Crippen molar-refractivity contribution in [1.29, 1.82) is 0 Å². The maximum Gasteiger partial charge on any atom is 0.244 e. The molecule has 27 heteroatoms. The Morgan fingerprint density at radius 2 is 1.32 bits per heavy atom. The molecular weight excluding hydrogens is 1080 g/mol. The zero-order chi connectivity index (χ0) is 55.5. The summed E-state index contributed by atoms with van der Waals surface area (Å²) in [5.41, 5.74) is 7.49. The van der Waals surface area contributed by atoms with Gasteiger partial charge in [-0.05, 0) is 100 Å². The highest BCUT2D eigenvalue weighted by atomic mass is 79.9. The van der Waals surface area contributed by atoms with E-state index in [4.69, 9.17) is 44.7 Å². The first-order valence-electron chi connectivity index (χ1n) is 25.2. The molecule has 2 aliphatic rings. The maximum atomic E-state index is 14.6. The van der Waals surface area contributed by atoms with Crippen molar-refractivity contribution in [2.24, 2.45) is 0 Å². The topological polar surface area (TPSA) is 278 Å². The van der Waals surface area contributed by atoms with Gasteiger partial charge >= 0.3 is 0 Å². The SMILES string of the molecule is CC(C)(O)Cn1cnc(Br)n1.COc1cc2nc(N)n3nc([C@@H]4CCCN(c5ncn(CC(C)(C)O)n5)C4)nc3c2cc1F.COc1ccc(CNc2nc3cc(OC)c(F)cc3c3nc([C@@H]4CCCNC4)nn23)c(OC)c1. The lowest BCUT2D eigenvalue weighted by Gasteiger charge is -2.30. The fraction of sp³-hybridized carbons (Fsp3) is 0.451. The first-order chi connectivity index (χ1) is 37.3. The average molecular weight is 1140 g/mol. The van der Waals surface area contributed by atoms with Gasteiger partial charge in [-0.2, -0.15) is 9.03 Å². The lowest BCUT2D eigenvalue weighted by atomic mass is 9.98. The Bertz CT molecular complexity index is 3550. The van der Waals surface area contributed by atoms with Crippen molar-refractivity contribution < 1.29 is 37.9 Å². The summed E-state index contributed by atoms with van der Waals surface area (Å²) in [6.45, 7) is 11.4. The third kappa shape index (κ3) is 12.7. The Labute approximate surface area is 455 Å². The van der Waals surface area contributed by atoms with Crippen LogP contribution >= 0.6 is 15.9 Å². The number of aromatic nitrogens is 14. The summed E-state index contributed by atoms with van der Waals surface area (Å²) in [4.78, 5) is 29.0. The second kappa shape index (κ2) is 23.1. The summed E-state index contributed by atoms with van der Waals surface area (Å²) in [6.07, 6.45) is 7.08. The van der Waals surface area contributed by atoms with E-state index in [2.05, 4.69) is 61.7 Å². The van der Waals surface area contributed by atoms with Gasteiger partial charge in [0.25, 0.3) is 0 Å². The molecule has 11 rings (SSSR count). The number of nitrogens with zero attached hydrogens (tertiary/aromatic N) is 15. The fourth-order valence-corrected chi connectivity index (χ4v) is 9.60. The highest BCUT2D eigenvalue weighted by molar-refractivity contribution is 9.10. The van der Waals surface area contributed by atoms with Crippen molar-refractivity contribution in [3.8, 4) is 23.0 Å². The van der Waals surface area contributed by atoms with Crippen molar-refractivity contribution in [3.05, 3.63) is 88.7 Å². The molecule has 2 fully saturated rings. The van der Waals surface area contributed by atoms with Crippen LogP contribution in [-0.2, 0) is 19.6 Å². The molecule has 2 atom stereocenters. The van der Waals surface area contributed by atoms with Crippen molar-refractivity contribution in [1.82, 2.24) is 74.0 Å². The van der Waals surface area contributed by atoms with Gasteiger partial charge in [-0.1, -0.05) is 0 Å². The van der Waals surface area contributed by atoms with Gasteiger partial charge in [0.1, 0.15) is 24.2 Å². The zero-order valence-corrected chi connectivity index (χ0v) is 46.2. The second-order valence-electron chi connectivity index (χ2n) is 20.3. The fourth-order valence-electron chi connectivity index (χ4n) is 9.31. The van der Waals surface area contributed by atoms with Crippen molar-refractivity contribution in [3.63, 3.8) is 0 Å². The van der Waals surface area contributed by atoms with Crippen LogP contribution in [0.2, 0.25) is 0 Å². The monoisotopic (exact) mass is 1140 g/mol. The van der Waals surface area contributed by atoms with Gasteiger partial charge < -0.3 is 50.4 Å². The van der Waals surface area contributed by atoms with E-state index in [1.807, 2.05) is 18.2 Å². The quantitative estimate of drug-likeness (QED) is 0.0824. The van der Waals surface area contributed by atoms with Crippen LogP contribution in [0, 0.1) is 11.6 Å². The predicted molar refractivity (Wildman–Crippen MR) is 290 cm³/mol. The number of aliphatic hydroxyl groups is 2. The van der Waals surface area contributed by atoms with E-state index in [1.165, 1.54) is 36.9 Å². The molecular formula is C51H63BrF2N18O6. The van der Waals surface area contributed by atoms with Crippen LogP contribution in [0.1, 0.15) is 82.4 Å². The number of hydrogen-bond donors (Lipinski definition) is 5. The number of fused-ring (bicyclic) bond motifs is 6. The molecule has 2 saturated heterocycles. The van der Waals surface area contributed by atoms with Crippen molar-refractivity contribution in [2.45, 2.75) is 96.1 Å². The van der Waals surface area contributed by atoms with E-state index in [0.717, 1.165) is 56.7 Å². The summed E-state index contributed by atoms with van der Waals surface area (Å²) in [6, 6.07) is 11.5. The number of methoxy groups -OCH3 is 4. The number of nitrogen functional groups attached to an aromatic ring is 1. The first kappa shape index (κ1) is 55.1. The Morgan fingerprint density at radius 3 is 1.92 bits per heavy atom. The number of ether oxygens (including phenoxy) is 4. The molecule has 0 radical (unpaired) electrons. The summed E-state index contributed by atoms with van der Waals surface area (Å²) in [5, 5.41) is 45.1. The molecule has 414 valence electrons. The molecule has 8 heterocycles. The van der Waals surface area contributed by atoms with Crippen LogP contribution in [0.25, 0.3) is 33.1 Å². The summed E-state index contributed by atoms with van der Waals surface area (Å²) < 4.78 is 56.9. The average Bonchev–Trinajstić information content (AvgIpc) is 4.41. The molecule has 0 spiro atoms. The van der Waals surface area contributed by atoms with Gasteiger partial charge in [-0.15, -0.1) is 20.4 Å². The molecule has 6 N–H and O–H groups in total. The van der Waals surface area contributed by atoms with Gasteiger partial charge in [0.2, 0.25) is 22.6 Å². The van der Waals surface area contributed by atoms with Gasteiger partial charge in [0.15, 0.2) is 46.1 Å². The molecule has 0 unspecified atom stereocenters. The minimum Gasteiger partial charge on any atom is -0.497 e. The predicted octanol–water partition coefficient (Wildman–Crippen LogP) is 6.09.